The summed E-state index contributed by atoms with van der Waals surface area (Å²) in [6.45, 7) is 13.6. The highest BCUT2D eigenvalue weighted by Gasteiger charge is 2.42. The van der Waals surface area contributed by atoms with E-state index in [1.165, 1.54) is 16.8 Å². The normalized spacial score (nSPS) is 22.8. The molecule has 0 radical (unpaired) electrons. The zero-order chi connectivity index (χ0) is 12.8. The molecular weight excluding hydrogens is 206 g/mol. The molecule has 92 valence electrons. The van der Waals surface area contributed by atoms with Crippen molar-refractivity contribution in [2.45, 2.75) is 33.2 Å². The summed E-state index contributed by atoms with van der Waals surface area (Å²) in [6.07, 6.45) is 0. The molecule has 0 saturated heterocycles. The number of nitrogens with zero attached hydrogens (tertiary/aromatic N) is 1. The molecule has 1 nitrogen and oxygen atoms in total. The summed E-state index contributed by atoms with van der Waals surface area (Å²) >= 11 is 0. The largest absolute Gasteiger partial charge is 0.368 e. The minimum absolute atomic E-state index is 0.125. The highest BCUT2D eigenvalue weighted by molar-refractivity contribution is 5.81. The Morgan fingerprint density at radius 3 is 2.41 bits per heavy atom. The van der Waals surface area contributed by atoms with Gasteiger partial charge in [-0.3, -0.25) is 0 Å². The van der Waals surface area contributed by atoms with Crippen LogP contribution < -0.4 is 4.90 Å². The maximum atomic E-state index is 4.36. The number of anilines is 1. The van der Waals surface area contributed by atoms with Crippen LogP contribution in [0.25, 0.3) is 5.57 Å². The zero-order valence-electron chi connectivity index (χ0n) is 11.6. The molecule has 1 heteroatoms. The van der Waals surface area contributed by atoms with Crippen molar-refractivity contribution >= 4 is 11.3 Å². The lowest BCUT2D eigenvalue weighted by Crippen LogP contribution is -2.52. The lowest BCUT2D eigenvalue weighted by molar-refractivity contribution is 0.294. The molecule has 0 spiro atoms. The molecule has 1 aliphatic heterocycles. The Bertz CT molecular complexity index is 443. The van der Waals surface area contributed by atoms with Gasteiger partial charge in [0.15, 0.2) is 0 Å². The van der Waals surface area contributed by atoms with Gasteiger partial charge in [0.1, 0.15) is 0 Å². The van der Waals surface area contributed by atoms with E-state index in [2.05, 4.69) is 70.5 Å². The van der Waals surface area contributed by atoms with Crippen LogP contribution in [-0.4, -0.2) is 12.6 Å². The maximum absolute atomic E-state index is 4.36. The van der Waals surface area contributed by atoms with E-state index in [0.29, 0.717) is 11.8 Å². The highest BCUT2D eigenvalue weighted by atomic mass is 15.2. The van der Waals surface area contributed by atoms with Gasteiger partial charge in [-0.05, 0) is 31.4 Å². The van der Waals surface area contributed by atoms with Crippen LogP contribution >= 0.6 is 0 Å². The van der Waals surface area contributed by atoms with Crippen molar-refractivity contribution in [1.29, 1.82) is 0 Å². The molecule has 1 unspecified atom stereocenters. The van der Waals surface area contributed by atoms with Gasteiger partial charge in [-0.25, -0.2) is 0 Å². The average molecular weight is 229 g/mol. The lowest BCUT2D eigenvalue weighted by atomic mass is 9.69. The molecule has 0 aromatic heterocycles. The minimum atomic E-state index is 0.125. The molecule has 0 aliphatic carbocycles. The van der Waals surface area contributed by atoms with Crippen LogP contribution in [0.3, 0.4) is 0 Å². The van der Waals surface area contributed by atoms with Crippen LogP contribution in [0.15, 0.2) is 30.8 Å². The number of hydrogen-bond donors (Lipinski definition) is 0. The van der Waals surface area contributed by atoms with Crippen molar-refractivity contribution in [3.63, 3.8) is 0 Å². The molecule has 1 heterocycles. The Balaban J connectivity index is 2.61. The second kappa shape index (κ2) is 3.90. The molecule has 0 saturated carbocycles. The molecule has 0 amide bonds. The molecule has 1 aliphatic rings. The van der Waals surface area contributed by atoms with Gasteiger partial charge in [0.05, 0.1) is 0 Å². The van der Waals surface area contributed by atoms with Gasteiger partial charge in [-0.1, -0.05) is 38.6 Å². The standard InChI is InChI=1S/C16H23N/c1-11(2)15-12(3)13-9-7-8-10-14(13)17(6)16(15,4)5/h7-11,15H,3H2,1-2,4-6H3. The van der Waals surface area contributed by atoms with Crippen LogP contribution in [0.1, 0.15) is 33.3 Å². The summed E-state index contributed by atoms with van der Waals surface area (Å²) in [5.74, 6) is 1.11. The van der Waals surface area contributed by atoms with Gasteiger partial charge >= 0.3 is 0 Å². The lowest BCUT2D eigenvalue weighted by Gasteiger charge is -2.51. The summed E-state index contributed by atoms with van der Waals surface area (Å²) in [5, 5.41) is 0. The maximum Gasteiger partial charge on any atom is 0.0444 e. The topological polar surface area (TPSA) is 3.24 Å². The highest BCUT2D eigenvalue weighted by Crippen LogP contribution is 2.47. The number of para-hydroxylation sites is 1. The summed E-state index contributed by atoms with van der Waals surface area (Å²) < 4.78 is 0. The monoisotopic (exact) mass is 229 g/mol. The fourth-order valence-corrected chi connectivity index (χ4v) is 3.37. The van der Waals surface area contributed by atoms with E-state index in [-0.39, 0.29) is 5.54 Å². The first-order valence-corrected chi connectivity index (χ1v) is 6.39. The second-order valence-electron chi connectivity index (χ2n) is 5.98. The third-order valence-electron chi connectivity index (χ3n) is 4.28. The van der Waals surface area contributed by atoms with E-state index < -0.39 is 0 Å². The van der Waals surface area contributed by atoms with Crippen molar-refractivity contribution in [2.75, 3.05) is 11.9 Å². The Hall–Kier alpha value is -1.24. The average Bonchev–Trinajstić information content (AvgIpc) is 2.25. The van der Waals surface area contributed by atoms with E-state index in [1.54, 1.807) is 0 Å². The zero-order valence-corrected chi connectivity index (χ0v) is 11.6. The SMILES string of the molecule is C=C1c2ccccc2N(C)C(C)(C)C1C(C)C. The van der Waals surface area contributed by atoms with E-state index in [4.69, 9.17) is 0 Å². The van der Waals surface area contributed by atoms with Crippen LogP contribution in [0.4, 0.5) is 5.69 Å². The van der Waals surface area contributed by atoms with Crippen molar-refractivity contribution in [3.8, 4) is 0 Å². The van der Waals surface area contributed by atoms with Gasteiger partial charge in [0, 0.05) is 29.8 Å². The summed E-state index contributed by atoms with van der Waals surface area (Å²) in [7, 11) is 2.20. The fraction of sp³-hybridized carbons (Fsp3) is 0.500. The van der Waals surface area contributed by atoms with Crippen LogP contribution in [0, 0.1) is 11.8 Å². The van der Waals surface area contributed by atoms with Gasteiger partial charge in [0.25, 0.3) is 0 Å². The van der Waals surface area contributed by atoms with Gasteiger partial charge in [-0.2, -0.15) is 0 Å². The van der Waals surface area contributed by atoms with E-state index in [0.717, 1.165) is 0 Å². The van der Waals surface area contributed by atoms with Crippen LogP contribution in [0.2, 0.25) is 0 Å². The summed E-state index contributed by atoms with van der Waals surface area (Å²) in [5.41, 5.74) is 4.03. The first-order chi connectivity index (χ1) is 7.87. The smallest absolute Gasteiger partial charge is 0.0444 e. The van der Waals surface area contributed by atoms with Crippen LogP contribution in [0.5, 0.6) is 0 Å². The predicted molar refractivity (Wildman–Crippen MR) is 76.3 cm³/mol. The third-order valence-corrected chi connectivity index (χ3v) is 4.28. The molecule has 17 heavy (non-hydrogen) atoms. The summed E-state index contributed by atoms with van der Waals surface area (Å²) in [4.78, 5) is 2.40. The molecular formula is C16H23N. The van der Waals surface area contributed by atoms with Gasteiger partial charge in [-0.15, -0.1) is 0 Å². The minimum Gasteiger partial charge on any atom is -0.368 e. The van der Waals surface area contributed by atoms with Crippen LogP contribution in [-0.2, 0) is 0 Å². The second-order valence-corrected chi connectivity index (χ2v) is 5.98. The van der Waals surface area contributed by atoms with E-state index in [9.17, 15) is 0 Å². The fourth-order valence-electron chi connectivity index (χ4n) is 3.37. The van der Waals surface area contributed by atoms with Crippen molar-refractivity contribution in [2.24, 2.45) is 11.8 Å². The molecule has 1 atom stereocenters. The van der Waals surface area contributed by atoms with Crippen molar-refractivity contribution < 1.29 is 0 Å². The van der Waals surface area contributed by atoms with Gasteiger partial charge in [0.2, 0.25) is 0 Å². The number of rotatable bonds is 1. The molecule has 1 aromatic rings. The number of fused-ring (bicyclic) bond motifs is 1. The number of benzene rings is 1. The first kappa shape index (κ1) is 12.2. The molecule has 2 rings (SSSR count). The molecule has 0 fully saturated rings. The summed E-state index contributed by atoms with van der Waals surface area (Å²) in [6, 6.07) is 8.60. The van der Waals surface area contributed by atoms with E-state index in [1.807, 2.05) is 0 Å². The third kappa shape index (κ3) is 1.69. The Morgan fingerprint density at radius 1 is 1.24 bits per heavy atom. The Labute approximate surface area is 105 Å². The Kier molecular flexibility index (Phi) is 2.81. The molecule has 0 N–H and O–H groups in total. The van der Waals surface area contributed by atoms with E-state index >= 15 is 0 Å². The molecule has 1 aromatic carbocycles. The van der Waals surface area contributed by atoms with Crippen molar-refractivity contribution in [1.82, 2.24) is 0 Å². The number of hydrogen-bond acceptors (Lipinski definition) is 1. The first-order valence-electron chi connectivity index (χ1n) is 6.39. The quantitative estimate of drug-likeness (QED) is 0.697. The predicted octanol–water partition coefficient (Wildman–Crippen LogP) is 4.20. The van der Waals surface area contributed by atoms with Gasteiger partial charge < -0.3 is 4.90 Å². The molecule has 0 bridgehead atoms. The van der Waals surface area contributed by atoms with Crippen molar-refractivity contribution in [3.05, 3.63) is 36.4 Å². The Morgan fingerprint density at radius 2 is 1.82 bits per heavy atom.